The molecular formula is C28H40ClN3O5S2. The van der Waals surface area contributed by atoms with Crippen molar-refractivity contribution in [1.82, 2.24) is 13.5 Å². The first-order valence-electron chi connectivity index (χ1n) is 13.6. The van der Waals surface area contributed by atoms with E-state index >= 15 is 0 Å². The molecule has 216 valence electrons. The second kappa shape index (κ2) is 14.1. The maximum atomic E-state index is 13.8. The van der Waals surface area contributed by atoms with Crippen LogP contribution >= 0.6 is 11.6 Å². The molecule has 8 nitrogen and oxygen atoms in total. The van der Waals surface area contributed by atoms with E-state index in [0.717, 1.165) is 17.5 Å². The summed E-state index contributed by atoms with van der Waals surface area (Å²) in [7, 11) is -7.20. The van der Waals surface area contributed by atoms with Crippen molar-refractivity contribution in [3.63, 3.8) is 0 Å². The van der Waals surface area contributed by atoms with Crippen LogP contribution in [0.25, 0.3) is 0 Å². The first-order valence-corrected chi connectivity index (χ1v) is 17.0. The number of nitrogens with zero attached hydrogens (tertiary/aromatic N) is 3. The van der Waals surface area contributed by atoms with E-state index in [9.17, 15) is 21.6 Å². The molecule has 1 saturated heterocycles. The molecule has 11 heteroatoms. The van der Waals surface area contributed by atoms with Crippen LogP contribution in [0.4, 0.5) is 0 Å². The van der Waals surface area contributed by atoms with E-state index in [2.05, 4.69) is 0 Å². The highest BCUT2D eigenvalue weighted by Crippen LogP contribution is 2.24. The predicted octanol–water partition coefficient (Wildman–Crippen LogP) is 4.67. The fraction of sp³-hybridized carbons (Fsp3) is 0.536. The number of benzene rings is 2. The summed E-state index contributed by atoms with van der Waals surface area (Å²) < 4.78 is 55.2. The van der Waals surface area contributed by atoms with Gasteiger partial charge in [-0.3, -0.25) is 4.79 Å². The third-order valence-electron chi connectivity index (χ3n) is 7.04. The van der Waals surface area contributed by atoms with Gasteiger partial charge in [-0.1, -0.05) is 61.7 Å². The smallest absolute Gasteiger partial charge is 0.243 e. The van der Waals surface area contributed by atoms with E-state index in [0.29, 0.717) is 43.8 Å². The van der Waals surface area contributed by atoms with Gasteiger partial charge in [-0.15, -0.1) is 0 Å². The average molecular weight is 598 g/mol. The Morgan fingerprint density at radius 1 is 0.949 bits per heavy atom. The van der Waals surface area contributed by atoms with Gasteiger partial charge in [0.05, 0.1) is 17.2 Å². The van der Waals surface area contributed by atoms with Gasteiger partial charge in [0.25, 0.3) is 0 Å². The van der Waals surface area contributed by atoms with Crippen LogP contribution in [-0.2, 0) is 31.4 Å². The Morgan fingerprint density at radius 3 is 2.13 bits per heavy atom. The monoisotopic (exact) mass is 597 g/mol. The van der Waals surface area contributed by atoms with Crippen LogP contribution in [-0.4, -0.2) is 74.2 Å². The van der Waals surface area contributed by atoms with Crippen molar-refractivity contribution in [2.24, 2.45) is 0 Å². The summed E-state index contributed by atoms with van der Waals surface area (Å²) in [5.41, 5.74) is 1.82. The minimum Gasteiger partial charge on any atom is -0.334 e. The molecule has 0 radical (unpaired) electrons. The van der Waals surface area contributed by atoms with Crippen LogP contribution < -0.4 is 0 Å². The molecule has 1 heterocycles. The molecule has 0 bridgehead atoms. The number of carbonyl (C=O) groups is 1. The molecule has 1 aliphatic heterocycles. The van der Waals surface area contributed by atoms with Crippen molar-refractivity contribution in [1.29, 1.82) is 0 Å². The number of sulfonamides is 2. The Labute approximate surface area is 239 Å². The molecule has 39 heavy (non-hydrogen) atoms. The Morgan fingerprint density at radius 2 is 1.56 bits per heavy atom. The zero-order valence-corrected chi connectivity index (χ0v) is 25.4. The fourth-order valence-corrected chi connectivity index (χ4v) is 8.02. The maximum absolute atomic E-state index is 13.8. The Hall–Kier alpha value is -1.98. The van der Waals surface area contributed by atoms with Crippen molar-refractivity contribution >= 4 is 37.6 Å². The van der Waals surface area contributed by atoms with E-state index in [1.165, 1.54) is 8.61 Å². The topological polar surface area (TPSA) is 95.1 Å². The van der Waals surface area contributed by atoms with Gasteiger partial charge in [-0.25, -0.2) is 21.1 Å². The number of amides is 1. The van der Waals surface area contributed by atoms with E-state index in [4.69, 9.17) is 11.6 Å². The number of unbranched alkanes of at least 4 members (excludes halogenated alkanes) is 1. The number of hydrogen-bond acceptors (Lipinski definition) is 5. The van der Waals surface area contributed by atoms with Gasteiger partial charge in [0, 0.05) is 37.2 Å². The number of aryl methyl sites for hydroxylation is 1. The molecule has 1 amide bonds. The van der Waals surface area contributed by atoms with E-state index in [-0.39, 0.29) is 42.2 Å². The minimum absolute atomic E-state index is 0.129. The molecule has 0 aliphatic carbocycles. The van der Waals surface area contributed by atoms with Gasteiger partial charge < -0.3 is 4.90 Å². The molecule has 0 aromatic heterocycles. The zero-order chi connectivity index (χ0) is 28.6. The van der Waals surface area contributed by atoms with E-state index in [1.807, 2.05) is 32.9 Å². The number of rotatable bonds is 13. The predicted molar refractivity (Wildman–Crippen MR) is 156 cm³/mol. The molecule has 0 spiro atoms. The molecular weight excluding hydrogens is 558 g/mol. The van der Waals surface area contributed by atoms with Crippen molar-refractivity contribution in [2.45, 2.75) is 70.4 Å². The van der Waals surface area contributed by atoms with Crippen molar-refractivity contribution < 1.29 is 21.6 Å². The number of carbonyl (C=O) groups excluding carboxylic acids is 1. The fourth-order valence-electron chi connectivity index (χ4n) is 4.73. The van der Waals surface area contributed by atoms with E-state index < -0.39 is 20.0 Å². The van der Waals surface area contributed by atoms with Crippen LogP contribution in [0.5, 0.6) is 0 Å². The van der Waals surface area contributed by atoms with Crippen LogP contribution in [0.15, 0.2) is 53.4 Å². The third-order valence-corrected chi connectivity index (χ3v) is 11.1. The maximum Gasteiger partial charge on any atom is 0.243 e. The van der Waals surface area contributed by atoms with Crippen molar-refractivity contribution in [2.75, 3.05) is 31.9 Å². The highest BCUT2D eigenvalue weighted by Gasteiger charge is 2.34. The lowest BCUT2D eigenvalue weighted by atomic mass is 10.0. The quantitative estimate of drug-likeness (QED) is 0.334. The summed E-state index contributed by atoms with van der Waals surface area (Å²) >= 11 is 6.06. The van der Waals surface area contributed by atoms with Gasteiger partial charge in [0.2, 0.25) is 26.0 Å². The first-order chi connectivity index (χ1) is 18.5. The number of halogens is 1. The van der Waals surface area contributed by atoms with Crippen LogP contribution in [0, 0.1) is 6.92 Å². The Bertz CT molecular complexity index is 1290. The highest BCUT2D eigenvalue weighted by atomic mass is 35.5. The molecule has 2 aromatic rings. The summed E-state index contributed by atoms with van der Waals surface area (Å²) in [6.45, 7) is 6.61. The summed E-state index contributed by atoms with van der Waals surface area (Å²) in [6, 6.07) is 13.6. The third kappa shape index (κ3) is 8.50. The molecule has 1 fully saturated rings. The highest BCUT2D eigenvalue weighted by molar-refractivity contribution is 7.89. The van der Waals surface area contributed by atoms with Gasteiger partial charge in [0.15, 0.2) is 0 Å². The SMILES string of the molecule is CCCCS(=O)(=O)N1CCC(N(Cc2ccc(Cl)cc2)C(=O)CN(CCC)S(=O)(=O)c2ccc(C)cc2)CC1. The number of hydrogen-bond donors (Lipinski definition) is 0. The molecule has 0 saturated carbocycles. The Kier molecular flexibility index (Phi) is 11.4. The average Bonchev–Trinajstić information content (AvgIpc) is 2.91. The van der Waals surface area contributed by atoms with Crippen molar-refractivity contribution in [3.05, 3.63) is 64.7 Å². The molecule has 0 N–H and O–H groups in total. The lowest BCUT2D eigenvalue weighted by molar-refractivity contribution is -0.135. The molecule has 3 rings (SSSR count). The largest absolute Gasteiger partial charge is 0.334 e. The lowest BCUT2D eigenvalue weighted by Crippen LogP contribution is -2.51. The molecule has 2 aromatic carbocycles. The molecule has 0 unspecified atom stereocenters. The zero-order valence-electron chi connectivity index (χ0n) is 23.1. The second-order valence-electron chi connectivity index (χ2n) is 10.1. The van der Waals surface area contributed by atoms with Crippen LogP contribution in [0.1, 0.15) is 57.1 Å². The van der Waals surface area contributed by atoms with E-state index in [1.54, 1.807) is 41.3 Å². The van der Waals surface area contributed by atoms with Crippen LogP contribution in [0.2, 0.25) is 5.02 Å². The van der Waals surface area contributed by atoms with Crippen LogP contribution in [0.3, 0.4) is 0 Å². The van der Waals surface area contributed by atoms with Gasteiger partial charge in [-0.2, -0.15) is 4.31 Å². The first kappa shape index (κ1) is 31.5. The standard InChI is InChI=1S/C28H40ClN3O5S2/c1-4-6-20-38(34,35)30-18-15-26(16-19-30)32(21-24-9-11-25(29)12-10-24)28(33)22-31(17-5-2)39(36,37)27-13-7-23(3)8-14-27/h7-14,26H,4-6,15-22H2,1-3H3. The summed E-state index contributed by atoms with van der Waals surface area (Å²) in [5, 5.41) is 0.584. The van der Waals surface area contributed by atoms with Gasteiger partial charge in [0.1, 0.15) is 0 Å². The normalized spacial score (nSPS) is 15.5. The molecule has 0 atom stereocenters. The second-order valence-corrected chi connectivity index (χ2v) is 14.6. The molecule has 1 aliphatic rings. The van der Waals surface area contributed by atoms with Gasteiger partial charge >= 0.3 is 0 Å². The summed E-state index contributed by atoms with van der Waals surface area (Å²) in [5.74, 6) is -0.175. The lowest BCUT2D eigenvalue weighted by Gasteiger charge is -2.39. The van der Waals surface area contributed by atoms with Crippen molar-refractivity contribution in [3.8, 4) is 0 Å². The number of piperidine rings is 1. The van der Waals surface area contributed by atoms with Gasteiger partial charge in [-0.05, 0) is 62.4 Å². The Balaban J connectivity index is 1.83. The summed E-state index contributed by atoms with van der Waals surface area (Å²) in [6.07, 6.45) is 2.96. The minimum atomic E-state index is -3.87. The summed E-state index contributed by atoms with van der Waals surface area (Å²) in [4.78, 5) is 15.7.